The molecule has 2 atom stereocenters. The van der Waals surface area contributed by atoms with E-state index >= 15 is 0 Å². The van der Waals surface area contributed by atoms with Gasteiger partial charge < -0.3 is 29.0 Å². The van der Waals surface area contributed by atoms with Crippen molar-refractivity contribution in [2.75, 3.05) is 17.2 Å². The lowest BCUT2D eigenvalue weighted by Gasteiger charge is -2.25. The standard InChI is InChI=1S/C42H41ClN2O8S/c1-27-11-22-37(28(2)23-27)51-26-38(46)44-30-12-21-35(43)36(24-30)45-41(48)39(40(47)42(3,4)5)52-32-17-19-34(20-18-32)54(49)53-33-15-13-31(14-16-33)50-25-29-9-7-6-8-10-29/h6-24,39H,25-26H2,1-5H3,(H,44,46)(H,45,48). The monoisotopic (exact) mass is 768 g/mol. The SMILES string of the molecule is Cc1ccc(OCC(=O)Nc2ccc(Cl)c(NC(=O)C(Oc3ccc(S(=O)Oc4ccc(OCc5ccccc5)cc4)cc3)C(=O)C(C)(C)C)c2)c(C)c1. The number of ketones is 1. The van der Waals surface area contributed by atoms with Crippen LogP contribution in [0.3, 0.4) is 0 Å². The van der Waals surface area contributed by atoms with E-state index in [1.54, 1.807) is 57.2 Å². The number of carbonyl (C=O) groups is 3. The Bertz CT molecular complexity index is 2120. The fraction of sp³-hybridized carbons (Fsp3) is 0.214. The number of ether oxygens (including phenoxy) is 3. The van der Waals surface area contributed by atoms with Crippen LogP contribution in [0.2, 0.25) is 5.02 Å². The number of benzene rings is 5. The van der Waals surface area contributed by atoms with E-state index < -0.39 is 40.2 Å². The predicted molar refractivity (Wildman–Crippen MR) is 210 cm³/mol. The second-order valence-corrected chi connectivity index (χ2v) is 15.0. The van der Waals surface area contributed by atoms with Crippen molar-refractivity contribution in [2.45, 2.75) is 52.2 Å². The smallest absolute Gasteiger partial charge is 0.273 e. The lowest BCUT2D eigenvalue weighted by Crippen LogP contribution is -2.45. The van der Waals surface area contributed by atoms with Crippen molar-refractivity contribution in [3.8, 4) is 23.0 Å². The van der Waals surface area contributed by atoms with Crippen molar-refractivity contribution < 1.29 is 37.0 Å². The molecule has 54 heavy (non-hydrogen) atoms. The van der Waals surface area contributed by atoms with Crippen molar-refractivity contribution >= 4 is 51.7 Å². The van der Waals surface area contributed by atoms with Crippen molar-refractivity contribution in [1.82, 2.24) is 0 Å². The van der Waals surface area contributed by atoms with Crippen LogP contribution in [0.25, 0.3) is 0 Å². The number of anilines is 2. The van der Waals surface area contributed by atoms with Crippen LogP contribution < -0.4 is 29.0 Å². The van der Waals surface area contributed by atoms with Gasteiger partial charge in [-0.3, -0.25) is 14.4 Å². The zero-order valence-electron chi connectivity index (χ0n) is 30.5. The predicted octanol–water partition coefficient (Wildman–Crippen LogP) is 8.66. The maximum Gasteiger partial charge on any atom is 0.273 e. The first-order valence-corrected chi connectivity index (χ1v) is 18.5. The highest BCUT2D eigenvalue weighted by atomic mass is 35.5. The number of carbonyl (C=O) groups excluding carboxylic acids is 3. The topological polar surface area (TPSA) is 129 Å². The molecule has 280 valence electrons. The fourth-order valence-corrected chi connectivity index (χ4v) is 5.96. The molecule has 0 radical (unpaired) electrons. The maximum absolute atomic E-state index is 13.6. The highest BCUT2D eigenvalue weighted by molar-refractivity contribution is 7.80. The van der Waals surface area contributed by atoms with Crippen molar-refractivity contribution in [1.29, 1.82) is 0 Å². The molecule has 2 N–H and O–H groups in total. The minimum Gasteiger partial charge on any atom is -0.489 e. The first-order valence-electron chi connectivity index (χ1n) is 17.0. The first kappa shape index (κ1) is 39.6. The van der Waals surface area contributed by atoms with E-state index in [9.17, 15) is 18.6 Å². The Morgan fingerprint density at radius 3 is 2.09 bits per heavy atom. The fourth-order valence-electron chi connectivity index (χ4n) is 5.05. The Morgan fingerprint density at radius 1 is 0.759 bits per heavy atom. The van der Waals surface area contributed by atoms with Crippen molar-refractivity contribution in [2.24, 2.45) is 5.41 Å². The second kappa shape index (κ2) is 17.9. The summed E-state index contributed by atoms with van der Waals surface area (Å²) in [5.41, 5.74) is 2.58. The van der Waals surface area contributed by atoms with Crippen LogP contribution in [0, 0.1) is 19.3 Å². The molecule has 2 amide bonds. The minimum absolute atomic E-state index is 0.156. The second-order valence-electron chi connectivity index (χ2n) is 13.4. The van der Waals surface area contributed by atoms with Crippen LogP contribution >= 0.6 is 11.6 Å². The number of amides is 2. The summed E-state index contributed by atoms with van der Waals surface area (Å²) in [5.74, 6) is 0.110. The number of halogens is 1. The zero-order valence-corrected chi connectivity index (χ0v) is 32.1. The van der Waals surface area contributed by atoms with Gasteiger partial charge in [0, 0.05) is 11.1 Å². The van der Waals surface area contributed by atoms with Gasteiger partial charge in [-0.15, -0.1) is 0 Å². The molecule has 2 unspecified atom stereocenters. The Balaban J connectivity index is 1.20. The average Bonchev–Trinajstić information content (AvgIpc) is 3.14. The minimum atomic E-state index is -1.87. The number of aryl methyl sites for hydroxylation is 2. The summed E-state index contributed by atoms with van der Waals surface area (Å²) < 4.78 is 36.0. The van der Waals surface area contributed by atoms with E-state index in [-0.39, 0.29) is 23.1 Å². The number of hydrogen-bond donors (Lipinski definition) is 2. The molecule has 0 spiro atoms. The van der Waals surface area contributed by atoms with E-state index in [2.05, 4.69) is 10.6 Å². The zero-order chi connectivity index (χ0) is 38.8. The number of nitrogens with one attached hydrogen (secondary N) is 2. The van der Waals surface area contributed by atoms with E-state index in [0.717, 1.165) is 16.7 Å². The van der Waals surface area contributed by atoms with E-state index in [1.807, 2.05) is 56.3 Å². The molecule has 0 bridgehead atoms. The van der Waals surface area contributed by atoms with E-state index in [4.69, 9.17) is 30.0 Å². The number of rotatable bonds is 15. The van der Waals surface area contributed by atoms with Gasteiger partial charge in [-0.25, -0.2) is 4.21 Å². The van der Waals surface area contributed by atoms with Crippen LogP contribution in [0.4, 0.5) is 11.4 Å². The van der Waals surface area contributed by atoms with Gasteiger partial charge in [0.15, 0.2) is 12.4 Å². The molecule has 5 rings (SSSR count). The highest BCUT2D eigenvalue weighted by Gasteiger charge is 2.37. The molecule has 10 nitrogen and oxygen atoms in total. The Kier molecular flexibility index (Phi) is 13.1. The summed E-state index contributed by atoms with van der Waals surface area (Å²) in [6.45, 7) is 9.07. The third-order valence-corrected chi connectivity index (χ3v) is 9.26. The Hall–Kier alpha value is -5.65. The largest absolute Gasteiger partial charge is 0.489 e. The molecular formula is C42H41ClN2O8S. The summed E-state index contributed by atoms with van der Waals surface area (Å²) in [5, 5.41) is 5.57. The number of Topliss-reactive ketones (excluding diaryl/α,β-unsaturated/α-hetero) is 1. The molecule has 0 aliphatic rings. The van der Waals surface area contributed by atoms with Gasteiger partial charge in [0.2, 0.25) is 17.2 Å². The van der Waals surface area contributed by atoms with E-state index in [1.165, 1.54) is 36.4 Å². The van der Waals surface area contributed by atoms with Crippen LogP contribution in [0.1, 0.15) is 37.5 Å². The summed E-state index contributed by atoms with van der Waals surface area (Å²) in [4.78, 5) is 40.1. The summed E-state index contributed by atoms with van der Waals surface area (Å²) >= 11 is 4.54. The summed E-state index contributed by atoms with van der Waals surface area (Å²) in [6.07, 6.45) is -1.57. The quantitative estimate of drug-likeness (QED) is 0.101. The molecular weight excluding hydrogens is 728 g/mol. The summed E-state index contributed by atoms with van der Waals surface area (Å²) in [6, 6.07) is 32.8. The third-order valence-electron chi connectivity index (χ3n) is 7.93. The van der Waals surface area contributed by atoms with Gasteiger partial charge in [-0.05, 0) is 97.8 Å². The van der Waals surface area contributed by atoms with Gasteiger partial charge in [0.25, 0.3) is 11.8 Å². The lowest BCUT2D eigenvalue weighted by atomic mass is 9.87. The van der Waals surface area contributed by atoms with E-state index in [0.29, 0.717) is 34.4 Å². The molecule has 0 fully saturated rings. The molecule has 0 saturated carbocycles. The molecule has 5 aromatic rings. The maximum atomic E-state index is 13.6. The van der Waals surface area contributed by atoms with Gasteiger partial charge in [0.05, 0.1) is 15.6 Å². The molecule has 5 aromatic carbocycles. The summed E-state index contributed by atoms with van der Waals surface area (Å²) in [7, 11) is 0. The molecule has 0 saturated heterocycles. The lowest BCUT2D eigenvalue weighted by molar-refractivity contribution is -0.140. The Labute approximate surface area is 322 Å². The van der Waals surface area contributed by atoms with Crippen molar-refractivity contribution in [3.05, 3.63) is 137 Å². The molecule has 12 heteroatoms. The molecule has 0 aliphatic heterocycles. The highest BCUT2D eigenvalue weighted by Crippen LogP contribution is 2.29. The van der Waals surface area contributed by atoms with Crippen LogP contribution in [-0.2, 0) is 32.1 Å². The van der Waals surface area contributed by atoms with Gasteiger partial charge >= 0.3 is 0 Å². The van der Waals surface area contributed by atoms with Crippen molar-refractivity contribution in [3.63, 3.8) is 0 Å². The van der Waals surface area contributed by atoms with Crippen LogP contribution in [0.15, 0.2) is 120 Å². The van der Waals surface area contributed by atoms with Gasteiger partial charge in [-0.2, -0.15) is 0 Å². The Morgan fingerprint density at radius 2 is 1.43 bits per heavy atom. The number of hydrogen-bond acceptors (Lipinski definition) is 8. The molecule has 0 aliphatic carbocycles. The average molecular weight is 769 g/mol. The third kappa shape index (κ3) is 11.2. The van der Waals surface area contributed by atoms with Crippen LogP contribution in [0.5, 0.6) is 23.0 Å². The van der Waals surface area contributed by atoms with Gasteiger partial charge in [0.1, 0.15) is 29.6 Å². The molecule has 0 aromatic heterocycles. The van der Waals surface area contributed by atoms with Crippen LogP contribution in [-0.4, -0.2) is 34.5 Å². The normalized spacial score (nSPS) is 12.2. The first-order chi connectivity index (χ1) is 25.7. The molecule has 0 heterocycles. The van der Waals surface area contributed by atoms with Gasteiger partial charge in [-0.1, -0.05) is 80.4 Å².